The molecule has 1 aliphatic rings. The van der Waals surface area contributed by atoms with Crippen molar-refractivity contribution in [3.8, 4) is 0 Å². The molecule has 2 unspecified atom stereocenters. The molecule has 0 bridgehead atoms. The molecular formula is C11H15F3O2. The average Bonchev–Trinajstić information content (AvgIpc) is 2.25. The number of hydrogen-bond acceptors (Lipinski definition) is 2. The molecule has 1 fully saturated rings. The third-order valence-corrected chi connectivity index (χ3v) is 2.81. The van der Waals surface area contributed by atoms with Gasteiger partial charge in [-0.2, -0.15) is 13.2 Å². The number of carbonyl (C=O) groups is 1. The molecule has 1 rings (SSSR count). The molecule has 0 radical (unpaired) electrons. The standard InChI is InChI=1S/C11H15F3O2/c1-2-6-16-10(15)8-4-3-5-9(7-8)11(12,13)14/h2,8-9H,1,3-7H2. The van der Waals surface area contributed by atoms with Crippen LogP contribution in [0.2, 0.25) is 0 Å². The Morgan fingerprint density at radius 1 is 1.44 bits per heavy atom. The van der Waals surface area contributed by atoms with Gasteiger partial charge in [-0.1, -0.05) is 19.1 Å². The Bertz CT molecular complexity index is 260. The summed E-state index contributed by atoms with van der Waals surface area (Å²) in [7, 11) is 0. The van der Waals surface area contributed by atoms with Gasteiger partial charge >= 0.3 is 12.1 Å². The zero-order valence-corrected chi connectivity index (χ0v) is 8.93. The summed E-state index contributed by atoms with van der Waals surface area (Å²) in [6, 6.07) is 0. The van der Waals surface area contributed by atoms with E-state index in [-0.39, 0.29) is 19.4 Å². The molecule has 16 heavy (non-hydrogen) atoms. The van der Waals surface area contributed by atoms with Crippen LogP contribution in [0.25, 0.3) is 0 Å². The largest absolute Gasteiger partial charge is 0.461 e. The van der Waals surface area contributed by atoms with Gasteiger partial charge in [0.1, 0.15) is 6.61 Å². The normalized spacial score (nSPS) is 26.2. The minimum atomic E-state index is -4.20. The Morgan fingerprint density at radius 2 is 2.12 bits per heavy atom. The maximum atomic E-state index is 12.5. The number of ether oxygens (including phenoxy) is 1. The van der Waals surface area contributed by atoms with Gasteiger partial charge in [0.15, 0.2) is 0 Å². The van der Waals surface area contributed by atoms with Crippen molar-refractivity contribution in [2.75, 3.05) is 6.61 Å². The number of rotatable bonds is 3. The lowest BCUT2D eigenvalue weighted by molar-refractivity contribution is -0.188. The molecule has 1 saturated carbocycles. The third kappa shape index (κ3) is 3.54. The van der Waals surface area contributed by atoms with Crippen LogP contribution in [0.1, 0.15) is 25.7 Å². The van der Waals surface area contributed by atoms with Gasteiger partial charge in [-0.3, -0.25) is 4.79 Å². The van der Waals surface area contributed by atoms with Crippen LogP contribution in [0, 0.1) is 11.8 Å². The Hall–Kier alpha value is -1.00. The number of alkyl halides is 3. The van der Waals surface area contributed by atoms with Crippen LogP contribution in [-0.2, 0) is 9.53 Å². The molecule has 0 N–H and O–H groups in total. The maximum absolute atomic E-state index is 12.5. The van der Waals surface area contributed by atoms with Crippen LogP contribution in [0.3, 0.4) is 0 Å². The highest BCUT2D eigenvalue weighted by Gasteiger charge is 2.43. The Kier molecular flexibility index (Phi) is 4.38. The van der Waals surface area contributed by atoms with Gasteiger partial charge < -0.3 is 4.74 Å². The zero-order valence-electron chi connectivity index (χ0n) is 8.93. The highest BCUT2D eigenvalue weighted by atomic mass is 19.4. The summed E-state index contributed by atoms with van der Waals surface area (Å²) in [5, 5.41) is 0. The average molecular weight is 236 g/mol. The molecule has 0 amide bonds. The molecule has 2 nitrogen and oxygen atoms in total. The minimum Gasteiger partial charge on any atom is -0.461 e. The predicted molar refractivity (Wildman–Crippen MR) is 52.7 cm³/mol. The summed E-state index contributed by atoms with van der Waals surface area (Å²) in [4.78, 5) is 11.4. The van der Waals surface area contributed by atoms with Crippen molar-refractivity contribution in [1.82, 2.24) is 0 Å². The van der Waals surface area contributed by atoms with Crippen molar-refractivity contribution in [2.45, 2.75) is 31.9 Å². The van der Waals surface area contributed by atoms with Crippen molar-refractivity contribution in [3.05, 3.63) is 12.7 Å². The Morgan fingerprint density at radius 3 is 2.69 bits per heavy atom. The van der Waals surface area contributed by atoms with Crippen LogP contribution in [0.4, 0.5) is 13.2 Å². The quantitative estimate of drug-likeness (QED) is 0.556. The highest BCUT2D eigenvalue weighted by molar-refractivity contribution is 5.72. The SMILES string of the molecule is C=CCOC(=O)C1CCCC(C(F)(F)F)C1. The summed E-state index contributed by atoms with van der Waals surface area (Å²) in [6.45, 7) is 3.44. The number of hydrogen-bond donors (Lipinski definition) is 0. The molecule has 0 saturated heterocycles. The third-order valence-electron chi connectivity index (χ3n) is 2.81. The number of carbonyl (C=O) groups excluding carboxylic acids is 1. The van der Waals surface area contributed by atoms with Gasteiger partial charge in [0.25, 0.3) is 0 Å². The topological polar surface area (TPSA) is 26.3 Å². The zero-order chi connectivity index (χ0) is 12.2. The maximum Gasteiger partial charge on any atom is 0.391 e. The summed E-state index contributed by atoms with van der Waals surface area (Å²) in [6.07, 6.45) is -1.89. The second-order valence-corrected chi connectivity index (χ2v) is 4.02. The van der Waals surface area contributed by atoms with Crippen molar-refractivity contribution in [1.29, 1.82) is 0 Å². The van der Waals surface area contributed by atoms with Gasteiger partial charge in [-0.25, -0.2) is 0 Å². The van der Waals surface area contributed by atoms with Crippen LogP contribution in [0.5, 0.6) is 0 Å². The lowest BCUT2D eigenvalue weighted by atomic mass is 9.81. The first kappa shape index (κ1) is 13.1. The monoisotopic (exact) mass is 236 g/mol. The molecule has 0 aromatic rings. The second-order valence-electron chi connectivity index (χ2n) is 4.02. The molecule has 0 spiro atoms. The van der Waals surface area contributed by atoms with Crippen LogP contribution >= 0.6 is 0 Å². The van der Waals surface area contributed by atoms with Crippen molar-refractivity contribution in [2.24, 2.45) is 11.8 Å². The van der Waals surface area contributed by atoms with Gasteiger partial charge in [-0.15, -0.1) is 0 Å². The fourth-order valence-corrected chi connectivity index (χ4v) is 1.96. The molecule has 92 valence electrons. The second kappa shape index (κ2) is 5.37. The molecule has 5 heteroatoms. The summed E-state index contributed by atoms with van der Waals surface area (Å²) >= 11 is 0. The van der Waals surface area contributed by atoms with Crippen LogP contribution in [-0.4, -0.2) is 18.8 Å². The Balaban J connectivity index is 2.50. The van der Waals surface area contributed by atoms with E-state index in [1.807, 2.05) is 0 Å². The highest BCUT2D eigenvalue weighted by Crippen LogP contribution is 2.40. The summed E-state index contributed by atoms with van der Waals surface area (Å²) < 4.78 is 42.2. The number of halogens is 3. The van der Waals surface area contributed by atoms with Gasteiger partial charge in [0, 0.05) is 0 Å². The van der Waals surface area contributed by atoms with E-state index in [0.717, 1.165) is 0 Å². The Labute approximate surface area is 92.5 Å². The lowest BCUT2D eigenvalue weighted by Crippen LogP contribution is -2.32. The molecular weight excluding hydrogens is 221 g/mol. The van der Waals surface area contributed by atoms with E-state index in [4.69, 9.17) is 4.74 Å². The fraction of sp³-hybridized carbons (Fsp3) is 0.727. The molecule has 0 aromatic heterocycles. The van der Waals surface area contributed by atoms with Crippen LogP contribution < -0.4 is 0 Å². The van der Waals surface area contributed by atoms with Crippen molar-refractivity contribution < 1.29 is 22.7 Å². The molecule has 0 aromatic carbocycles. The first-order valence-corrected chi connectivity index (χ1v) is 5.29. The summed E-state index contributed by atoms with van der Waals surface area (Å²) in [5.74, 6) is -2.50. The molecule has 0 heterocycles. The van der Waals surface area contributed by atoms with E-state index >= 15 is 0 Å². The first-order chi connectivity index (χ1) is 7.45. The van der Waals surface area contributed by atoms with E-state index in [2.05, 4.69) is 6.58 Å². The van der Waals surface area contributed by atoms with Crippen molar-refractivity contribution >= 4 is 5.97 Å². The smallest absolute Gasteiger partial charge is 0.391 e. The van der Waals surface area contributed by atoms with E-state index in [9.17, 15) is 18.0 Å². The van der Waals surface area contributed by atoms with Gasteiger partial charge in [0.05, 0.1) is 11.8 Å². The van der Waals surface area contributed by atoms with Gasteiger partial charge in [0.2, 0.25) is 0 Å². The predicted octanol–water partition coefficient (Wildman–Crippen LogP) is 3.08. The molecule has 0 aliphatic heterocycles. The lowest BCUT2D eigenvalue weighted by Gasteiger charge is -2.29. The van der Waals surface area contributed by atoms with E-state index < -0.39 is 24.0 Å². The first-order valence-electron chi connectivity index (χ1n) is 5.29. The number of esters is 1. The van der Waals surface area contributed by atoms with Crippen LogP contribution in [0.15, 0.2) is 12.7 Å². The van der Waals surface area contributed by atoms with E-state index in [1.165, 1.54) is 6.08 Å². The molecule has 2 atom stereocenters. The van der Waals surface area contributed by atoms with Crippen molar-refractivity contribution in [3.63, 3.8) is 0 Å². The van der Waals surface area contributed by atoms with Gasteiger partial charge in [-0.05, 0) is 19.3 Å². The molecule has 1 aliphatic carbocycles. The van der Waals surface area contributed by atoms with E-state index in [0.29, 0.717) is 12.8 Å². The fourth-order valence-electron chi connectivity index (χ4n) is 1.96. The van der Waals surface area contributed by atoms with E-state index in [1.54, 1.807) is 0 Å². The summed E-state index contributed by atoms with van der Waals surface area (Å²) in [5.41, 5.74) is 0. The minimum absolute atomic E-state index is 0.0615.